The van der Waals surface area contributed by atoms with E-state index < -0.39 is 0 Å². The maximum atomic E-state index is 11.8. The molecule has 5 heteroatoms. The highest BCUT2D eigenvalue weighted by atomic mass is 16.1. The van der Waals surface area contributed by atoms with Gasteiger partial charge in [-0.05, 0) is 19.1 Å². The molecular formula is C12H12N4O. The third-order valence-corrected chi connectivity index (χ3v) is 2.21. The zero-order valence-electron chi connectivity index (χ0n) is 9.34. The average molecular weight is 228 g/mol. The van der Waals surface area contributed by atoms with E-state index >= 15 is 0 Å². The van der Waals surface area contributed by atoms with Crippen LogP contribution in [-0.4, -0.2) is 15.9 Å². The van der Waals surface area contributed by atoms with Gasteiger partial charge >= 0.3 is 0 Å². The number of carbonyl (C=O) groups excluding carboxylic acids is 1. The monoisotopic (exact) mass is 228 g/mol. The summed E-state index contributed by atoms with van der Waals surface area (Å²) in [6.07, 6.45) is 2.70. The second kappa shape index (κ2) is 4.61. The van der Waals surface area contributed by atoms with Crippen molar-refractivity contribution in [3.63, 3.8) is 0 Å². The van der Waals surface area contributed by atoms with Crippen molar-refractivity contribution in [2.24, 2.45) is 0 Å². The van der Waals surface area contributed by atoms with E-state index in [0.717, 1.165) is 11.3 Å². The fourth-order valence-corrected chi connectivity index (χ4v) is 1.29. The van der Waals surface area contributed by atoms with Gasteiger partial charge in [0.1, 0.15) is 11.5 Å². The molecule has 0 saturated heterocycles. The van der Waals surface area contributed by atoms with Crippen LogP contribution < -0.4 is 11.1 Å². The molecule has 0 radical (unpaired) electrons. The van der Waals surface area contributed by atoms with Crippen molar-refractivity contribution >= 4 is 17.4 Å². The number of nitrogen functional groups attached to an aromatic ring is 1. The first-order chi connectivity index (χ1) is 8.15. The van der Waals surface area contributed by atoms with Crippen LogP contribution in [0.15, 0.2) is 36.7 Å². The van der Waals surface area contributed by atoms with Crippen LogP contribution in [0, 0.1) is 6.92 Å². The van der Waals surface area contributed by atoms with Gasteiger partial charge in [-0.15, -0.1) is 0 Å². The first-order valence-electron chi connectivity index (χ1n) is 5.11. The van der Waals surface area contributed by atoms with Gasteiger partial charge in [0.15, 0.2) is 0 Å². The molecule has 0 unspecified atom stereocenters. The number of nitrogens with one attached hydrogen (secondary N) is 1. The summed E-state index contributed by atoms with van der Waals surface area (Å²) in [5.41, 5.74) is 7.48. The normalized spacial score (nSPS) is 9.94. The maximum Gasteiger partial charge on any atom is 0.275 e. The van der Waals surface area contributed by atoms with Crippen molar-refractivity contribution in [1.82, 2.24) is 9.97 Å². The van der Waals surface area contributed by atoms with Crippen LogP contribution in [0.4, 0.5) is 11.5 Å². The van der Waals surface area contributed by atoms with Gasteiger partial charge in [-0.2, -0.15) is 0 Å². The molecule has 3 N–H and O–H groups in total. The summed E-state index contributed by atoms with van der Waals surface area (Å²) in [6.45, 7) is 1.98. The van der Waals surface area contributed by atoms with Crippen molar-refractivity contribution in [3.05, 3.63) is 47.9 Å². The van der Waals surface area contributed by atoms with Crippen molar-refractivity contribution in [3.8, 4) is 0 Å². The third kappa shape index (κ3) is 2.78. The van der Waals surface area contributed by atoms with Gasteiger partial charge in [-0.25, -0.2) is 9.97 Å². The van der Waals surface area contributed by atoms with E-state index in [1.165, 1.54) is 12.4 Å². The third-order valence-electron chi connectivity index (χ3n) is 2.21. The molecule has 1 amide bonds. The molecule has 1 aromatic heterocycles. The highest BCUT2D eigenvalue weighted by molar-refractivity contribution is 6.02. The molecule has 0 aliphatic carbocycles. The van der Waals surface area contributed by atoms with Gasteiger partial charge in [-0.3, -0.25) is 4.79 Å². The second-order valence-electron chi connectivity index (χ2n) is 3.65. The van der Waals surface area contributed by atoms with E-state index in [4.69, 9.17) is 5.73 Å². The molecule has 1 aromatic carbocycles. The topological polar surface area (TPSA) is 80.9 Å². The highest BCUT2D eigenvalue weighted by Crippen LogP contribution is 2.09. The summed E-state index contributed by atoms with van der Waals surface area (Å²) in [5, 5.41) is 2.72. The number of amides is 1. The molecule has 2 rings (SSSR count). The van der Waals surface area contributed by atoms with E-state index in [1.54, 1.807) is 0 Å². The van der Waals surface area contributed by atoms with Gasteiger partial charge in [0.05, 0.1) is 12.4 Å². The van der Waals surface area contributed by atoms with E-state index in [1.807, 2.05) is 31.2 Å². The summed E-state index contributed by atoms with van der Waals surface area (Å²) >= 11 is 0. The van der Waals surface area contributed by atoms with Crippen LogP contribution >= 0.6 is 0 Å². The maximum absolute atomic E-state index is 11.8. The Kier molecular flexibility index (Phi) is 3.00. The molecule has 0 atom stereocenters. The lowest BCUT2D eigenvalue weighted by Gasteiger charge is -2.04. The number of hydrogen-bond acceptors (Lipinski definition) is 4. The minimum absolute atomic E-state index is 0.236. The lowest BCUT2D eigenvalue weighted by molar-refractivity contribution is 0.102. The Bertz CT molecular complexity index is 519. The molecule has 0 aliphatic rings. The largest absolute Gasteiger partial charge is 0.382 e. The number of aromatic nitrogens is 2. The predicted molar refractivity (Wildman–Crippen MR) is 65.6 cm³/mol. The first-order valence-corrected chi connectivity index (χ1v) is 5.11. The molecule has 0 aliphatic heterocycles. The highest BCUT2D eigenvalue weighted by Gasteiger charge is 2.07. The standard InChI is InChI=1S/C12H12N4O/c1-8-2-4-9(5-3-8)16-12(17)10-6-15-11(13)7-14-10/h2-7H,1H3,(H2,13,15)(H,16,17). The fourth-order valence-electron chi connectivity index (χ4n) is 1.29. The summed E-state index contributed by atoms with van der Waals surface area (Å²) < 4.78 is 0. The molecule has 5 nitrogen and oxygen atoms in total. The predicted octanol–water partition coefficient (Wildman–Crippen LogP) is 1.62. The van der Waals surface area contributed by atoms with Gasteiger partial charge < -0.3 is 11.1 Å². The second-order valence-corrected chi connectivity index (χ2v) is 3.65. The zero-order chi connectivity index (χ0) is 12.3. The van der Waals surface area contributed by atoms with Crippen LogP contribution in [0.2, 0.25) is 0 Å². The van der Waals surface area contributed by atoms with Gasteiger partial charge in [-0.1, -0.05) is 17.7 Å². The Morgan fingerprint density at radius 1 is 1.18 bits per heavy atom. The molecule has 2 aromatic rings. The van der Waals surface area contributed by atoms with Crippen molar-refractivity contribution in [2.75, 3.05) is 11.1 Å². The van der Waals surface area contributed by atoms with Crippen LogP contribution in [0.1, 0.15) is 16.1 Å². The Labute approximate surface area is 98.7 Å². The molecule has 17 heavy (non-hydrogen) atoms. The number of rotatable bonds is 2. The van der Waals surface area contributed by atoms with E-state index in [9.17, 15) is 4.79 Å². The van der Waals surface area contributed by atoms with Gasteiger partial charge in [0, 0.05) is 5.69 Å². The van der Waals surface area contributed by atoms with E-state index in [-0.39, 0.29) is 17.4 Å². The minimum Gasteiger partial charge on any atom is -0.382 e. The smallest absolute Gasteiger partial charge is 0.275 e. The molecule has 0 bridgehead atoms. The number of aryl methyl sites for hydroxylation is 1. The number of nitrogens with two attached hydrogens (primary N) is 1. The van der Waals surface area contributed by atoms with Gasteiger partial charge in [0.25, 0.3) is 5.91 Å². The summed E-state index contributed by atoms with van der Waals surface area (Å²) in [6, 6.07) is 7.50. The Morgan fingerprint density at radius 2 is 1.88 bits per heavy atom. The summed E-state index contributed by atoms with van der Waals surface area (Å²) in [5.74, 6) is -0.0155. The number of hydrogen-bond donors (Lipinski definition) is 2. The van der Waals surface area contributed by atoms with E-state index in [0.29, 0.717) is 0 Å². The Balaban J connectivity index is 2.11. The van der Waals surface area contributed by atoms with Crippen LogP contribution in [0.5, 0.6) is 0 Å². The van der Waals surface area contributed by atoms with Crippen LogP contribution in [-0.2, 0) is 0 Å². The molecule has 0 fully saturated rings. The average Bonchev–Trinajstić information content (AvgIpc) is 2.33. The molecule has 1 heterocycles. The lowest BCUT2D eigenvalue weighted by atomic mass is 10.2. The SMILES string of the molecule is Cc1ccc(NC(=O)c2cnc(N)cn2)cc1. The number of benzene rings is 1. The Morgan fingerprint density at radius 3 is 2.47 bits per heavy atom. The quantitative estimate of drug-likeness (QED) is 0.818. The molecule has 0 spiro atoms. The fraction of sp³-hybridized carbons (Fsp3) is 0.0833. The molecular weight excluding hydrogens is 216 g/mol. The van der Waals surface area contributed by atoms with E-state index in [2.05, 4.69) is 15.3 Å². The molecule has 86 valence electrons. The first kappa shape index (κ1) is 11.1. The number of carbonyl (C=O) groups is 1. The van der Waals surface area contributed by atoms with Crippen molar-refractivity contribution < 1.29 is 4.79 Å². The number of nitrogens with zero attached hydrogens (tertiary/aromatic N) is 2. The van der Waals surface area contributed by atoms with Gasteiger partial charge in [0.2, 0.25) is 0 Å². The van der Waals surface area contributed by atoms with Crippen molar-refractivity contribution in [1.29, 1.82) is 0 Å². The summed E-state index contributed by atoms with van der Waals surface area (Å²) in [7, 11) is 0. The van der Waals surface area contributed by atoms with Crippen LogP contribution in [0.25, 0.3) is 0 Å². The minimum atomic E-state index is -0.304. The van der Waals surface area contributed by atoms with Crippen LogP contribution in [0.3, 0.4) is 0 Å². The Hall–Kier alpha value is -2.43. The van der Waals surface area contributed by atoms with Crippen molar-refractivity contribution in [2.45, 2.75) is 6.92 Å². The summed E-state index contributed by atoms with van der Waals surface area (Å²) in [4.78, 5) is 19.5. The lowest BCUT2D eigenvalue weighted by Crippen LogP contribution is -2.14. The molecule has 0 saturated carbocycles. The number of anilines is 2. The zero-order valence-corrected chi connectivity index (χ0v) is 9.34.